The first-order valence-electron chi connectivity index (χ1n) is 19.8. The molecule has 0 aromatic heterocycles. The number of nitrogens with one attached hydrogen (secondary N) is 3. The number of phenolic OH excluding ortho intramolecular Hbond substituents is 1. The Labute approximate surface area is 309 Å². The number of carbonyl (C=O) groups is 3. The molecule has 1 aromatic rings. The molecule has 5 rings (SSSR count). The molecule has 1 aromatic carbocycles. The Morgan fingerprint density at radius 1 is 1.02 bits per heavy atom. The topological polar surface area (TPSA) is 176 Å². The van der Waals surface area contributed by atoms with Crippen LogP contribution in [0.2, 0.25) is 0 Å². The first-order chi connectivity index (χ1) is 25.0. The van der Waals surface area contributed by atoms with Gasteiger partial charge < -0.3 is 45.5 Å². The molecule has 3 heterocycles. The molecule has 3 fully saturated rings. The Morgan fingerprint density at radius 3 is 2.52 bits per heavy atom. The number of esters is 2. The van der Waals surface area contributed by atoms with Gasteiger partial charge >= 0.3 is 11.9 Å². The fourth-order valence-electron chi connectivity index (χ4n) is 9.47. The maximum absolute atomic E-state index is 14.8. The molecule has 6 N–H and O–H groups in total. The predicted molar refractivity (Wildman–Crippen MR) is 196 cm³/mol. The van der Waals surface area contributed by atoms with Gasteiger partial charge in [-0.15, -0.1) is 0 Å². The zero-order chi connectivity index (χ0) is 37.3. The second-order valence-electron chi connectivity index (χ2n) is 16.0. The van der Waals surface area contributed by atoms with Gasteiger partial charge in [-0.25, -0.2) is 4.79 Å². The van der Waals surface area contributed by atoms with Gasteiger partial charge in [0.25, 0.3) is 0 Å². The predicted octanol–water partition coefficient (Wildman–Crippen LogP) is 3.84. The molecular weight excluding hydrogens is 666 g/mol. The van der Waals surface area contributed by atoms with Crippen LogP contribution < -0.4 is 20.7 Å². The molecule has 1 saturated carbocycles. The van der Waals surface area contributed by atoms with Crippen LogP contribution in [0.3, 0.4) is 0 Å². The van der Waals surface area contributed by atoms with Crippen molar-refractivity contribution < 1.29 is 43.9 Å². The van der Waals surface area contributed by atoms with Gasteiger partial charge in [0.15, 0.2) is 11.5 Å². The molecule has 12 nitrogen and oxygen atoms in total. The molecule has 1 aliphatic carbocycles. The summed E-state index contributed by atoms with van der Waals surface area (Å²) in [5, 5.41) is 41.3. The summed E-state index contributed by atoms with van der Waals surface area (Å²) < 4.78 is 19.0. The fraction of sp³-hybridized carbons (Fsp3) is 0.775. The highest BCUT2D eigenvalue weighted by Crippen LogP contribution is 2.47. The summed E-state index contributed by atoms with van der Waals surface area (Å²) in [7, 11) is 1.79. The Morgan fingerprint density at radius 2 is 1.79 bits per heavy atom. The molecule has 0 unspecified atom stereocenters. The molecule has 0 bridgehead atoms. The van der Waals surface area contributed by atoms with Crippen LogP contribution in [0.25, 0.3) is 0 Å². The van der Waals surface area contributed by atoms with Crippen LogP contribution in [0, 0.1) is 17.3 Å². The van der Waals surface area contributed by atoms with Gasteiger partial charge in [0, 0.05) is 37.3 Å². The number of hydrogen-bond donors (Lipinski definition) is 6. The van der Waals surface area contributed by atoms with Crippen molar-refractivity contribution in [2.24, 2.45) is 17.3 Å². The molecule has 0 radical (unpaired) electrons. The van der Waals surface area contributed by atoms with E-state index in [4.69, 9.17) is 14.2 Å². The van der Waals surface area contributed by atoms with Crippen molar-refractivity contribution in [3.05, 3.63) is 23.3 Å². The van der Waals surface area contributed by atoms with Crippen LogP contribution >= 0.6 is 0 Å². The third kappa shape index (κ3) is 9.78. The molecule has 12 heteroatoms. The molecule has 292 valence electrons. The monoisotopic (exact) mass is 729 g/mol. The first kappa shape index (κ1) is 40.3. The van der Waals surface area contributed by atoms with Crippen molar-refractivity contribution in [3.8, 4) is 11.5 Å². The summed E-state index contributed by atoms with van der Waals surface area (Å²) in [5.74, 6) is -0.559. The number of ether oxygens (including phenoxy) is 3. The number of likely N-dealkylation sites (N-methyl/N-ethyl adjacent to an activating group) is 1. The van der Waals surface area contributed by atoms with Gasteiger partial charge in [-0.3, -0.25) is 9.59 Å². The highest BCUT2D eigenvalue weighted by molar-refractivity contribution is 5.90. The van der Waals surface area contributed by atoms with E-state index in [1.165, 1.54) is 6.92 Å². The summed E-state index contributed by atoms with van der Waals surface area (Å²) in [6, 6.07) is 3.64. The highest BCUT2D eigenvalue weighted by Gasteiger charge is 2.54. The maximum Gasteiger partial charge on any atom is 0.332 e. The van der Waals surface area contributed by atoms with Crippen LogP contribution in [0.1, 0.15) is 115 Å². The molecule has 52 heavy (non-hydrogen) atoms. The van der Waals surface area contributed by atoms with Gasteiger partial charge in [0.05, 0.1) is 18.8 Å². The van der Waals surface area contributed by atoms with Crippen LogP contribution in [0.5, 0.6) is 11.5 Å². The van der Waals surface area contributed by atoms with E-state index in [-0.39, 0.29) is 29.9 Å². The Bertz CT molecular complexity index is 1370. The second-order valence-corrected chi connectivity index (χ2v) is 16.0. The van der Waals surface area contributed by atoms with Gasteiger partial charge in [0.1, 0.15) is 17.7 Å². The third-order valence-corrected chi connectivity index (χ3v) is 12.3. The number of rotatable bonds is 17. The maximum atomic E-state index is 14.8. The van der Waals surface area contributed by atoms with E-state index >= 15 is 0 Å². The third-order valence-electron chi connectivity index (χ3n) is 12.3. The number of aliphatic hydroxyl groups is 2. The molecule has 4 aliphatic rings. The van der Waals surface area contributed by atoms with Gasteiger partial charge in [-0.05, 0) is 128 Å². The number of fused-ring (bicyclic) bond motifs is 2. The first-order valence-corrected chi connectivity index (χ1v) is 19.8. The van der Waals surface area contributed by atoms with Gasteiger partial charge in [-0.1, -0.05) is 18.9 Å². The average molecular weight is 730 g/mol. The lowest BCUT2D eigenvalue weighted by Gasteiger charge is -2.49. The van der Waals surface area contributed by atoms with E-state index in [9.17, 15) is 29.7 Å². The molecule has 1 amide bonds. The van der Waals surface area contributed by atoms with E-state index in [0.717, 1.165) is 43.2 Å². The summed E-state index contributed by atoms with van der Waals surface area (Å²) in [6.07, 6.45) is 7.58. The number of aliphatic hydroxyl groups excluding tert-OH is 2. The van der Waals surface area contributed by atoms with E-state index in [2.05, 4.69) is 16.0 Å². The largest absolute Gasteiger partial charge is 0.504 e. The van der Waals surface area contributed by atoms with Crippen molar-refractivity contribution in [1.29, 1.82) is 0 Å². The number of aromatic hydroxyl groups is 1. The number of piperidine rings is 2. The smallest absolute Gasteiger partial charge is 0.332 e. The zero-order valence-corrected chi connectivity index (χ0v) is 31.6. The van der Waals surface area contributed by atoms with Crippen LogP contribution in [-0.2, 0) is 36.7 Å². The van der Waals surface area contributed by atoms with E-state index < -0.39 is 47.3 Å². The van der Waals surface area contributed by atoms with Gasteiger partial charge in [-0.2, -0.15) is 0 Å². The van der Waals surface area contributed by atoms with Crippen molar-refractivity contribution >= 4 is 17.8 Å². The highest BCUT2D eigenvalue weighted by atomic mass is 16.6. The van der Waals surface area contributed by atoms with E-state index in [1.807, 2.05) is 6.07 Å². The Balaban J connectivity index is 1.56. The fourth-order valence-corrected chi connectivity index (χ4v) is 9.47. The number of amides is 1. The summed E-state index contributed by atoms with van der Waals surface area (Å²) in [5.41, 5.74) is 0.358. The SMILES string of the molecule is CNC[C@H](O)CC[C@H](CC[C@H](C)O)[C@H](C[C@@H](OC(=O)[C@@]12CCCC[C@@H]1CCC(=O)N2)C1(Cc2ccc(O)c3c2CCCO3)CCNCC1)OC(C)=O. The zero-order valence-electron chi connectivity index (χ0n) is 31.6. The summed E-state index contributed by atoms with van der Waals surface area (Å²) in [6.45, 7) is 5.50. The standard InChI is InChI=1S/C40H63N3O9/c1-26(44)9-10-28(11-14-31(46)25-41-3)34(51-27(2)45)23-35(52-38(49)40-17-5-4-7-30(40)13-16-36(48)43-40)39(18-20-42-21-19-39)24-29-12-15-33(47)37-32(29)8-6-22-50-37/h12,15,26,28,30-31,34-35,41-42,44,46-47H,4-11,13-14,16-25H2,1-3H3,(H,43,48)/t26-,28-,30+,31+,34-,35+,40+/m0/s1. The molecule has 0 spiro atoms. The second kappa shape index (κ2) is 18.4. The Kier molecular flexibility index (Phi) is 14.2. The lowest BCUT2D eigenvalue weighted by atomic mass is 9.66. The molecule has 3 aliphatic heterocycles. The Hall–Kier alpha value is -2.93. The number of carbonyl (C=O) groups excluding carboxylic acids is 3. The number of phenols is 1. The summed E-state index contributed by atoms with van der Waals surface area (Å²) >= 11 is 0. The number of benzene rings is 1. The normalized spacial score (nSPS) is 25.6. The van der Waals surface area contributed by atoms with Crippen molar-refractivity contribution in [2.45, 2.75) is 147 Å². The molecule has 7 atom stereocenters. The minimum atomic E-state index is -1.09. The lowest BCUT2D eigenvalue weighted by Crippen LogP contribution is -2.65. The van der Waals surface area contributed by atoms with Crippen LogP contribution in [0.4, 0.5) is 0 Å². The minimum absolute atomic E-state index is 0.00550. The molecule has 2 saturated heterocycles. The van der Waals surface area contributed by atoms with Gasteiger partial charge in [0.2, 0.25) is 5.91 Å². The van der Waals surface area contributed by atoms with Crippen molar-refractivity contribution in [1.82, 2.24) is 16.0 Å². The van der Waals surface area contributed by atoms with E-state index in [1.54, 1.807) is 20.0 Å². The van der Waals surface area contributed by atoms with Crippen molar-refractivity contribution in [2.75, 3.05) is 33.3 Å². The summed E-state index contributed by atoms with van der Waals surface area (Å²) in [4.78, 5) is 40.5. The molecular formula is C40H63N3O9. The average Bonchev–Trinajstić information content (AvgIpc) is 3.12. The minimum Gasteiger partial charge on any atom is -0.504 e. The quantitative estimate of drug-likeness (QED) is 0.129. The van der Waals surface area contributed by atoms with E-state index in [0.29, 0.717) is 96.2 Å². The van der Waals surface area contributed by atoms with Crippen LogP contribution in [0.15, 0.2) is 12.1 Å². The lowest BCUT2D eigenvalue weighted by molar-refractivity contribution is -0.179. The van der Waals surface area contributed by atoms with Crippen molar-refractivity contribution in [3.63, 3.8) is 0 Å². The number of hydrogen-bond acceptors (Lipinski definition) is 11. The van der Waals surface area contributed by atoms with Crippen LogP contribution in [-0.4, -0.2) is 96.4 Å².